The summed E-state index contributed by atoms with van der Waals surface area (Å²) in [5.41, 5.74) is 8.40. The van der Waals surface area contributed by atoms with E-state index < -0.39 is 0 Å². The van der Waals surface area contributed by atoms with E-state index in [1.54, 1.807) is 6.08 Å². The predicted molar refractivity (Wildman–Crippen MR) is 131 cm³/mol. The van der Waals surface area contributed by atoms with Crippen LogP contribution in [0.25, 0.3) is 27.8 Å². The molecule has 0 amide bonds. The molecule has 28 heavy (non-hydrogen) atoms. The highest BCUT2D eigenvalue weighted by Crippen LogP contribution is 2.27. The fourth-order valence-corrected chi connectivity index (χ4v) is 2.97. The van der Waals surface area contributed by atoms with Crippen molar-refractivity contribution >= 4 is 5.57 Å². The van der Waals surface area contributed by atoms with Crippen LogP contribution in [0.2, 0.25) is 0 Å². The Labute approximate surface area is 172 Å². The zero-order chi connectivity index (χ0) is 17.6. The van der Waals surface area contributed by atoms with Gasteiger partial charge in [-0.1, -0.05) is 126 Å². The second-order valence-electron chi connectivity index (χ2n) is 6.09. The van der Waals surface area contributed by atoms with E-state index in [4.69, 9.17) is 0 Å². The molecule has 0 spiro atoms. The Morgan fingerprint density at radius 2 is 1.21 bits per heavy atom. The van der Waals surface area contributed by atoms with Gasteiger partial charge >= 0.3 is 0 Å². The van der Waals surface area contributed by atoms with Gasteiger partial charge in [0.1, 0.15) is 0 Å². The molecular formula is C28H34. The molecule has 0 radical (unpaired) electrons. The van der Waals surface area contributed by atoms with Crippen LogP contribution < -0.4 is 0 Å². The molecule has 0 atom stereocenters. The molecule has 0 saturated carbocycles. The van der Waals surface area contributed by atoms with E-state index in [1.807, 2.05) is 12.2 Å². The van der Waals surface area contributed by atoms with Gasteiger partial charge < -0.3 is 0 Å². The summed E-state index contributed by atoms with van der Waals surface area (Å²) in [5, 5.41) is 0. The maximum absolute atomic E-state index is 3.89. The lowest BCUT2D eigenvalue weighted by Crippen LogP contribution is -1.84. The third-order valence-electron chi connectivity index (χ3n) is 4.28. The highest BCUT2D eigenvalue weighted by molar-refractivity contribution is 5.79. The van der Waals surface area contributed by atoms with Crippen LogP contribution in [0, 0.1) is 6.92 Å². The summed E-state index contributed by atoms with van der Waals surface area (Å²) in [4.78, 5) is 0. The van der Waals surface area contributed by atoms with Gasteiger partial charge in [0.25, 0.3) is 0 Å². The van der Waals surface area contributed by atoms with Crippen LogP contribution in [-0.2, 0) is 0 Å². The molecule has 0 unspecified atom stereocenters. The minimum Gasteiger partial charge on any atom is -0.0990 e. The van der Waals surface area contributed by atoms with Crippen LogP contribution in [0.15, 0.2) is 104 Å². The van der Waals surface area contributed by atoms with Crippen LogP contribution >= 0.6 is 0 Å². The average Bonchev–Trinajstić information content (AvgIpc) is 2.66. The molecule has 3 aromatic carbocycles. The molecule has 0 heteroatoms. The molecule has 0 bridgehead atoms. The van der Waals surface area contributed by atoms with Crippen LogP contribution in [-0.4, -0.2) is 0 Å². The van der Waals surface area contributed by atoms with Crippen LogP contribution in [0.4, 0.5) is 0 Å². The van der Waals surface area contributed by atoms with E-state index in [9.17, 15) is 0 Å². The summed E-state index contributed by atoms with van der Waals surface area (Å²) >= 11 is 0. The molecule has 0 nitrogen and oxygen atoms in total. The minimum absolute atomic E-state index is 0. The summed E-state index contributed by atoms with van der Waals surface area (Å²) in [7, 11) is 0. The quantitative estimate of drug-likeness (QED) is 0.393. The Balaban J connectivity index is 0.00000243. The van der Waals surface area contributed by atoms with Gasteiger partial charge in [0.2, 0.25) is 0 Å². The first-order chi connectivity index (χ1) is 12.2. The molecule has 0 saturated heterocycles. The van der Waals surface area contributed by atoms with Crippen molar-refractivity contribution in [1.82, 2.24) is 0 Å². The molecule has 0 N–H and O–H groups in total. The highest BCUT2D eigenvalue weighted by Gasteiger charge is 2.03. The Morgan fingerprint density at radius 3 is 1.71 bits per heavy atom. The van der Waals surface area contributed by atoms with E-state index in [0.717, 1.165) is 11.1 Å². The van der Waals surface area contributed by atoms with Crippen LogP contribution in [0.1, 0.15) is 33.4 Å². The number of rotatable bonds is 5. The van der Waals surface area contributed by atoms with Gasteiger partial charge in [0.15, 0.2) is 0 Å². The van der Waals surface area contributed by atoms with Gasteiger partial charge in [-0.05, 0) is 46.4 Å². The normalized spacial score (nSPS) is 9.96. The Kier molecular flexibility index (Phi) is 10.3. The third kappa shape index (κ3) is 5.69. The maximum atomic E-state index is 3.89. The smallest absolute Gasteiger partial charge is 0.0178 e. The lowest BCUT2D eigenvalue weighted by molar-refractivity contribution is 1.47. The summed E-state index contributed by atoms with van der Waals surface area (Å²) in [6.07, 6.45) is 5.63. The molecule has 3 rings (SSSR count). The van der Waals surface area contributed by atoms with Crippen molar-refractivity contribution in [2.24, 2.45) is 0 Å². The van der Waals surface area contributed by atoms with E-state index in [0.29, 0.717) is 0 Å². The van der Waals surface area contributed by atoms with E-state index >= 15 is 0 Å². The summed E-state index contributed by atoms with van der Waals surface area (Å²) in [6.45, 7) is 9.79. The van der Waals surface area contributed by atoms with Crippen molar-refractivity contribution in [2.75, 3.05) is 0 Å². The fraction of sp³-hybridized carbons (Fsp3) is 0.143. The second kappa shape index (κ2) is 11.6. The van der Waals surface area contributed by atoms with Crippen LogP contribution in [0.5, 0.6) is 0 Å². The molecule has 0 heterocycles. The van der Waals surface area contributed by atoms with E-state index in [2.05, 4.69) is 92.9 Å². The predicted octanol–water partition coefficient (Wildman–Crippen LogP) is 8.99. The van der Waals surface area contributed by atoms with Gasteiger partial charge in [-0.2, -0.15) is 0 Å². The first-order valence-electron chi connectivity index (χ1n) is 8.44. The summed E-state index contributed by atoms with van der Waals surface area (Å²) < 4.78 is 0. The Bertz CT molecular complexity index is 924. The van der Waals surface area contributed by atoms with E-state index in [-0.39, 0.29) is 22.3 Å². The first-order valence-corrected chi connectivity index (χ1v) is 8.44. The van der Waals surface area contributed by atoms with Gasteiger partial charge in [-0.3, -0.25) is 0 Å². The maximum Gasteiger partial charge on any atom is -0.0178 e. The van der Waals surface area contributed by atoms with Gasteiger partial charge in [-0.25, -0.2) is 0 Å². The number of hydrogen-bond acceptors (Lipinski definition) is 0. The third-order valence-corrected chi connectivity index (χ3v) is 4.28. The Hall–Kier alpha value is -3.12. The zero-order valence-electron chi connectivity index (χ0n) is 14.6. The molecule has 0 aliphatic heterocycles. The summed E-state index contributed by atoms with van der Waals surface area (Å²) in [6, 6.07) is 25.8. The molecule has 0 aliphatic rings. The lowest BCUT2D eigenvalue weighted by atomic mass is 9.96. The monoisotopic (exact) mass is 370 g/mol. The number of allylic oxidation sites excluding steroid dienone is 4. The largest absolute Gasteiger partial charge is 0.0990 e. The topological polar surface area (TPSA) is 0 Å². The zero-order valence-corrected chi connectivity index (χ0v) is 14.6. The molecule has 0 aliphatic carbocycles. The molecule has 146 valence electrons. The fourth-order valence-electron chi connectivity index (χ4n) is 2.97. The SMILES string of the molecule is C.C.C.C=C/C=C(\C=C)c1cccc(-c2ccc(-c3cccc(C)c3)cc2)c1. The van der Waals surface area contributed by atoms with Crippen molar-refractivity contribution in [2.45, 2.75) is 29.2 Å². The van der Waals surface area contributed by atoms with Gasteiger partial charge in [0, 0.05) is 0 Å². The molecule has 0 aromatic heterocycles. The standard InChI is InChI=1S/C25H22.3CH4/c1-4-8-20(5-2)24-11-7-12-25(18-24)22-15-13-21(14-16-22)23-10-6-9-19(3)17-23;;;/h4-18H,1-2H2,3H3;3*1H4/b20-8+;;;. The van der Waals surface area contributed by atoms with Crippen LogP contribution in [0.3, 0.4) is 0 Å². The number of aryl methyl sites for hydroxylation is 1. The molecule has 3 aromatic rings. The van der Waals surface area contributed by atoms with Crippen molar-refractivity contribution < 1.29 is 0 Å². The van der Waals surface area contributed by atoms with Gasteiger partial charge in [-0.15, -0.1) is 0 Å². The molecule has 0 fully saturated rings. The van der Waals surface area contributed by atoms with Crippen molar-refractivity contribution in [3.05, 3.63) is 115 Å². The minimum atomic E-state index is 0. The Morgan fingerprint density at radius 1 is 0.679 bits per heavy atom. The number of benzene rings is 3. The highest BCUT2D eigenvalue weighted by atomic mass is 14.1. The second-order valence-corrected chi connectivity index (χ2v) is 6.09. The first kappa shape index (κ1) is 24.9. The number of hydrogen-bond donors (Lipinski definition) is 0. The lowest BCUT2D eigenvalue weighted by Gasteiger charge is -2.08. The van der Waals surface area contributed by atoms with E-state index in [1.165, 1.54) is 27.8 Å². The molecular weight excluding hydrogens is 336 g/mol. The van der Waals surface area contributed by atoms with Gasteiger partial charge in [0.05, 0.1) is 0 Å². The average molecular weight is 371 g/mol. The van der Waals surface area contributed by atoms with Crippen molar-refractivity contribution in [1.29, 1.82) is 0 Å². The van der Waals surface area contributed by atoms with Crippen molar-refractivity contribution in [3.8, 4) is 22.3 Å². The summed E-state index contributed by atoms with van der Waals surface area (Å²) in [5.74, 6) is 0. The van der Waals surface area contributed by atoms with Crippen molar-refractivity contribution in [3.63, 3.8) is 0 Å².